The largest absolute Gasteiger partial charge is 0.476 e. The number of ether oxygens (including phenoxy) is 1. The number of aromatic carboxylic acids is 1. The van der Waals surface area contributed by atoms with E-state index in [1.165, 1.54) is 10.9 Å². The molecule has 6 nitrogen and oxygen atoms in total. The first-order chi connectivity index (χ1) is 7.38. The molecule has 1 aromatic heterocycles. The van der Waals surface area contributed by atoms with Gasteiger partial charge in [-0.3, -0.25) is 0 Å². The summed E-state index contributed by atoms with van der Waals surface area (Å²) in [7, 11) is -1.07. The van der Waals surface area contributed by atoms with Crippen LogP contribution in [-0.4, -0.2) is 40.8 Å². The summed E-state index contributed by atoms with van der Waals surface area (Å²) in [5, 5.41) is 15.8. The summed E-state index contributed by atoms with van der Waals surface area (Å²) in [6.45, 7) is 7.75. The van der Waals surface area contributed by atoms with Gasteiger partial charge in [0.25, 0.3) is 0 Å². The minimum Gasteiger partial charge on any atom is -0.476 e. The Balaban J connectivity index is 2.30. The predicted molar refractivity (Wildman–Crippen MR) is 61.1 cm³/mol. The van der Waals surface area contributed by atoms with Crippen LogP contribution in [0, 0.1) is 0 Å². The molecular weight excluding hydrogens is 226 g/mol. The second-order valence-corrected chi connectivity index (χ2v) is 10.4. The van der Waals surface area contributed by atoms with Gasteiger partial charge >= 0.3 is 5.97 Å². The number of carboxylic acids is 1. The minimum absolute atomic E-state index is 0.0613. The molecule has 0 saturated heterocycles. The van der Waals surface area contributed by atoms with E-state index < -0.39 is 14.0 Å². The van der Waals surface area contributed by atoms with Crippen LogP contribution in [0.4, 0.5) is 0 Å². The molecule has 1 heterocycles. The topological polar surface area (TPSA) is 77.2 Å². The van der Waals surface area contributed by atoms with Gasteiger partial charge in [-0.1, -0.05) is 24.9 Å². The van der Waals surface area contributed by atoms with Crippen molar-refractivity contribution in [3.05, 3.63) is 11.9 Å². The lowest BCUT2D eigenvalue weighted by molar-refractivity contribution is 0.0689. The van der Waals surface area contributed by atoms with E-state index >= 15 is 0 Å². The Hall–Kier alpha value is -1.21. The third-order valence-corrected chi connectivity index (χ3v) is 3.68. The lowest BCUT2D eigenvalue weighted by atomic mass is 10.5. The summed E-state index contributed by atoms with van der Waals surface area (Å²) in [6, 6.07) is 1.08. The van der Waals surface area contributed by atoms with Crippen molar-refractivity contribution in [3.63, 3.8) is 0 Å². The van der Waals surface area contributed by atoms with Crippen molar-refractivity contribution < 1.29 is 14.6 Å². The molecule has 0 atom stereocenters. The summed E-state index contributed by atoms with van der Waals surface area (Å²) in [5.41, 5.74) is -0.0613. The normalized spacial score (nSPS) is 11.7. The van der Waals surface area contributed by atoms with Crippen molar-refractivity contribution in [2.24, 2.45) is 0 Å². The number of nitrogens with zero attached hydrogens (tertiary/aromatic N) is 3. The molecule has 0 aliphatic carbocycles. The molecule has 0 radical (unpaired) electrons. The Kier molecular flexibility index (Phi) is 4.19. The molecule has 0 bridgehead atoms. The second kappa shape index (κ2) is 5.22. The van der Waals surface area contributed by atoms with Gasteiger partial charge in [0.05, 0.1) is 6.20 Å². The molecule has 90 valence electrons. The molecule has 0 spiro atoms. The van der Waals surface area contributed by atoms with E-state index in [0.29, 0.717) is 6.61 Å². The molecule has 1 aromatic rings. The lowest BCUT2D eigenvalue weighted by Gasteiger charge is -2.15. The third kappa shape index (κ3) is 4.54. The van der Waals surface area contributed by atoms with E-state index in [9.17, 15) is 4.79 Å². The molecule has 7 heteroatoms. The molecular formula is C9H17N3O3Si. The zero-order valence-corrected chi connectivity index (χ0v) is 10.8. The quantitative estimate of drug-likeness (QED) is 0.601. The van der Waals surface area contributed by atoms with Gasteiger partial charge in [-0.05, 0) is 6.04 Å². The van der Waals surface area contributed by atoms with E-state index in [1.807, 2.05) is 0 Å². The lowest BCUT2D eigenvalue weighted by Crippen LogP contribution is -2.22. The van der Waals surface area contributed by atoms with Crippen molar-refractivity contribution in [1.82, 2.24) is 15.0 Å². The summed E-state index contributed by atoms with van der Waals surface area (Å²) in [4.78, 5) is 10.5. The van der Waals surface area contributed by atoms with Gasteiger partial charge in [-0.15, -0.1) is 5.10 Å². The highest BCUT2D eigenvalue weighted by atomic mass is 28.3. The molecule has 0 unspecified atom stereocenters. The molecule has 0 aliphatic rings. The number of carboxylic acid groups (broad SMARTS) is 1. The van der Waals surface area contributed by atoms with Crippen molar-refractivity contribution in [2.45, 2.75) is 32.4 Å². The Morgan fingerprint density at radius 1 is 1.56 bits per heavy atom. The number of hydrogen-bond acceptors (Lipinski definition) is 4. The Morgan fingerprint density at radius 3 is 2.75 bits per heavy atom. The van der Waals surface area contributed by atoms with Crippen LogP contribution in [-0.2, 0) is 11.5 Å². The fraction of sp³-hybridized carbons (Fsp3) is 0.667. The number of aromatic nitrogens is 3. The van der Waals surface area contributed by atoms with E-state index in [2.05, 4.69) is 30.0 Å². The maximum atomic E-state index is 10.5. The van der Waals surface area contributed by atoms with Crippen LogP contribution in [0.3, 0.4) is 0 Å². The molecule has 1 N–H and O–H groups in total. The molecule has 0 fully saturated rings. The summed E-state index contributed by atoms with van der Waals surface area (Å²) in [6.07, 6.45) is 1.36. The average Bonchev–Trinajstić information content (AvgIpc) is 2.59. The molecule has 1 rings (SSSR count). The summed E-state index contributed by atoms with van der Waals surface area (Å²) in [5.74, 6) is -1.08. The maximum absolute atomic E-state index is 10.5. The Bertz CT molecular complexity index is 359. The van der Waals surface area contributed by atoms with Gasteiger partial charge in [0.1, 0.15) is 6.73 Å². The standard InChI is InChI=1S/C9H17N3O3Si/c1-16(2,3)5-4-15-7-12-6-8(9(13)14)10-11-12/h6H,4-5,7H2,1-3H3,(H,13,14). The zero-order chi connectivity index (χ0) is 12.2. The number of hydrogen-bond donors (Lipinski definition) is 1. The maximum Gasteiger partial charge on any atom is 0.358 e. The number of carbonyl (C=O) groups is 1. The van der Waals surface area contributed by atoms with Crippen LogP contribution in [0.25, 0.3) is 0 Å². The molecule has 16 heavy (non-hydrogen) atoms. The van der Waals surface area contributed by atoms with Crippen LogP contribution in [0.2, 0.25) is 25.7 Å². The third-order valence-electron chi connectivity index (χ3n) is 1.98. The first kappa shape index (κ1) is 12.9. The van der Waals surface area contributed by atoms with Crippen LogP contribution < -0.4 is 0 Å². The highest BCUT2D eigenvalue weighted by molar-refractivity contribution is 6.76. The Labute approximate surface area is 95.2 Å². The van der Waals surface area contributed by atoms with E-state index in [0.717, 1.165) is 6.04 Å². The first-order valence-corrected chi connectivity index (χ1v) is 8.80. The van der Waals surface area contributed by atoms with Gasteiger partial charge < -0.3 is 9.84 Å². The minimum atomic E-state index is -1.08. The highest BCUT2D eigenvalue weighted by Crippen LogP contribution is 2.07. The van der Waals surface area contributed by atoms with E-state index in [4.69, 9.17) is 9.84 Å². The number of rotatable bonds is 6. The molecule has 0 amide bonds. The van der Waals surface area contributed by atoms with Crippen LogP contribution >= 0.6 is 0 Å². The highest BCUT2D eigenvalue weighted by Gasteiger charge is 2.12. The SMILES string of the molecule is C[Si](C)(C)CCOCn1cc(C(=O)O)nn1. The van der Waals surface area contributed by atoms with Crippen LogP contribution in [0.1, 0.15) is 10.5 Å². The fourth-order valence-corrected chi connectivity index (χ4v) is 1.75. The molecule has 0 aliphatic heterocycles. The monoisotopic (exact) mass is 243 g/mol. The van der Waals surface area contributed by atoms with Crippen LogP contribution in [0.5, 0.6) is 0 Å². The van der Waals surface area contributed by atoms with Gasteiger partial charge in [-0.2, -0.15) is 0 Å². The first-order valence-electron chi connectivity index (χ1n) is 5.10. The van der Waals surface area contributed by atoms with Gasteiger partial charge in [0.15, 0.2) is 5.69 Å². The van der Waals surface area contributed by atoms with Crippen molar-refractivity contribution in [2.75, 3.05) is 6.61 Å². The smallest absolute Gasteiger partial charge is 0.358 e. The van der Waals surface area contributed by atoms with Crippen molar-refractivity contribution >= 4 is 14.0 Å². The van der Waals surface area contributed by atoms with Gasteiger partial charge in [0.2, 0.25) is 0 Å². The van der Waals surface area contributed by atoms with E-state index in [1.54, 1.807) is 0 Å². The molecule has 0 saturated carbocycles. The predicted octanol–water partition coefficient (Wildman–Crippen LogP) is 1.29. The van der Waals surface area contributed by atoms with Crippen molar-refractivity contribution in [3.8, 4) is 0 Å². The van der Waals surface area contributed by atoms with Crippen LogP contribution in [0.15, 0.2) is 6.20 Å². The van der Waals surface area contributed by atoms with Gasteiger partial charge in [-0.25, -0.2) is 9.48 Å². The zero-order valence-electron chi connectivity index (χ0n) is 9.80. The second-order valence-electron chi connectivity index (χ2n) is 4.80. The summed E-state index contributed by atoms with van der Waals surface area (Å²) < 4.78 is 6.77. The molecule has 0 aromatic carbocycles. The summed E-state index contributed by atoms with van der Waals surface area (Å²) >= 11 is 0. The fourth-order valence-electron chi connectivity index (χ4n) is 0.996. The van der Waals surface area contributed by atoms with Gasteiger partial charge in [0, 0.05) is 14.7 Å². The van der Waals surface area contributed by atoms with Crippen molar-refractivity contribution in [1.29, 1.82) is 0 Å². The Morgan fingerprint density at radius 2 is 2.25 bits per heavy atom. The average molecular weight is 243 g/mol. The van der Waals surface area contributed by atoms with E-state index in [-0.39, 0.29) is 12.4 Å².